The molecule has 5 aromatic rings. The Kier molecular flexibility index (Phi) is 5.41. The van der Waals surface area contributed by atoms with Crippen LogP contribution in [0.4, 0.5) is 10.5 Å². The van der Waals surface area contributed by atoms with Gasteiger partial charge in [0.2, 0.25) is 0 Å². The summed E-state index contributed by atoms with van der Waals surface area (Å²) in [5.41, 5.74) is 6.92. The number of nitrogens with one attached hydrogen (secondary N) is 1. The van der Waals surface area contributed by atoms with Crippen molar-refractivity contribution < 1.29 is 4.79 Å². The molecule has 0 fully saturated rings. The zero-order valence-electron chi connectivity index (χ0n) is 20.3. The first-order valence-electron chi connectivity index (χ1n) is 12.1. The lowest BCUT2D eigenvalue weighted by atomic mass is 10.0. The summed E-state index contributed by atoms with van der Waals surface area (Å²) in [5.74, 6) is 0.964. The Bertz CT molecular complexity index is 1520. The third-order valence-corrected chi connectivity index (χ3v) is 6.77. The van der Waals surface area contributed by atoms with Crippen LogP contribution in [0.15, 0.2) is 103 Å². The first-order chi connectivity index (χ1) is 17.6. The van der Waals surface area contributed by atoms with E-state index in [1.807, 2.05) is 71.1 Å². The number of urea groups is 1. The lowest BCUT2D eigenvalue weighted by Crippen LogP contribution is -2.38. The Labute approximate surface area is 210 Å². The number of carbonyl (C=O) groups excluding carboxylic acids is 1. The minimum atomic E-state index is -0.277. The number of aryl methyl sites for hydroxylation is 2. The number of rotatable bonds is 3. The van der Waals surface area contributed by atoms with Crippen LogP contribution < -0.4 is 5.32 Å². The van der Waals surface area contributed by atoms with Gasteiger partial charge in [0.25, 0.3) is 0 Å². The molecule has 2 aromatic heterocycles. The van der Waals surface area contributed by atoms with Crippen LogP contribution in [0.25, 0.3) is 11.5 Å². The van der Waals surface area contributed by atoms with Crippen molar-refractivity contribution in [3.8, 4) is 11.5 Å². The van der Waals surface area contributed by atoms with E-state index >= 15 is 0 Å². The second-order valence-corrected chi connectivity index (χ2v) is 9.18. The number of fused-ring (bicyclic) bond motifs is 3. The van der Waals surface area contributed by atoms with Gasteiger partial charge in [-0.15, -0.1) is 0 Å². The van der Waals surface area contributed by atoms with Crippen molar-refractivity contribution in [1.29, 1.82) is 0 Å². The van der Waals surface area contributed by atoms with Crippen molar-refractivity contribution in [2.75, 3.05) is 5.32 Å². The molecule has 0 bridgehead atoms. The van der Waals surface area contributed by atoms with Crippen LogP contribution in [0.5, 0.6) is 0 Å². The summed E-state index contributed by atoms with van der Waals surface area (Å²) in [6.07, 6.45) is 2.06. The van der Waals surface area contributed by atoms with Crippen LogP contribution in [-0.4, -0.2) is 25.3 Å². The average Bonchev–Trinajstić information content (AvgIpc) is 3.46. The second kappa shape index (κ2) is 8.89. The molecule has 3 aromatic carbocycles. The van der Waals surface area contributed by atoms with Gasteiger partial charge in [0, 0.05) is 17.4 Å². The van der Waals surface area contributed by atoms with Crippen LogP contribution in [-0.2, 0) is 6.54 Å². The van der Waals surface area contributed by atoms with Gasteiger partial charge in [-0.1, -0.05) is 66.2 Å². The van der Waals surface area contributed by atoms with Crippen LogP contribution in [0.3, 0.4) is 0 Å². The Balaban J connectivity index is 1.54. The molecule has 0 aliphatic carbocycles. The molecule has 6 nitrogen and oxygen atoms in total. The van der Waals surface area contributed by atoms with Crippen LogP contribution in [0.1, 0.15) is 34.1 Å². The number of hydrogen-bond acceptors (Lipinski definition) is 2. The lowest BCUT2D eigenvalue weighted by molar-refractivity contribution is 0.194. The van der Waals surface area contributed by atoms with E-state index in [9.17, 15) is 4.79 Å². The number of para-hydroxylation sites is 2. The Morgan fingerprint density at radius 3 is 2.28 bits per heavy atom. The molecule has 1 atom stereocenters. The highest BCUT2D eigenvalue weighted by Gasteiger charge is 2.36. The molecule has 1 aliphatic rings. The van der Waals surface area contributed by atoms with Gasteiger partial charge in [-0.05, 0) is 55.8 Å². The predicted octanol–water partition coefficient (Wildman–Crippen LogP) is 6.42. The van der Waals surface area contributed by atoms with Crippen molar-refractivity contribution in [2.24, 2.45) is 0 Å². The normalized spacial score (nSPS) is 14.6. The standard InChI is InChI=1S/C30H27N5O/c1-21-15-17-23(18-16-21)28-27-14-9-19-33(27)29-26(22(2)32-35(29)25-12-7-4-8-13-25)20-34(28)30(36)31-24-10-5-3-6-11-24/h3-19,28H,20H2,1-2H3,(H,31,36)/t28-/m1/s1. The summed E-state index contributed by atoms with van der Waals surface area (Å²) >= 11 is 0. The van der Waals surface area contributed by atoms with Crippen LogP contribution in [0.2, 0.25) is 0 Å². The van der Waals surface area contributed by atoms with E-state index in [2.05, 4.69) is 65.5 Å². The number of nitrogens with zero attached hydrogens (tertiary/aromatic N) is 4. The van der Waals surface area contributed by atoms with Gasteiger partial charge in [-0.2, -0.15) is 5.10 Å². The monoisotopic (exact) mass is 473 g/mol. The molecule has 0 radical (unpaired) electrons. The summed E-state index contributed by atoms with van der Waals surface area (Å²) in [7, 11) is 0. The topological polar surface area (TPSA) is 55.1 Å². The van der Waals surface area contributed by atoms with Gasteiger partial charge in [-0.3, -0.25) is 0 Å². The fourth-order valence-corrected chi connectivity index (χ4v) is 4.97. The Hall–Kier alpha value is -4.58. The smallest absolute Gasteiger partial charge is 0.308 e. The number of amides is 2. The van der Waals surface area contributed by atoms with Gasteiger partial charge in [0.05, 0.1) is 29.7 Å². The zero-order valence-corrected chi connectivity index (χ0v) is 20.3. The fourth-order valence-electron chi connectivity index (χ4n) is 4.97. The second-order valence-electron chi connectivity index (χ2n) is 9.18. The van der Waals surface area contributed by atoms with Gasteiger partial charge < -0.3 is 14.8 Å². The van der Waals surface area contributed by atoms with E-state index in [0.717, 1.165) is 39.7 Å². The molecule has 0 saturated carbocycles. The third-order valence-electron chi connectivity index (χ3n) is 6.77. The number of aromatic nitrogens is 3. The highest BCUT2D eigenvalue weighted by atomic mass is 16.2. The molecule has 36 heavy (non-hydrogen) atoms. The third kappa shape index (κ3) is 3.77. The van der Waals surface area contributed by atoms with Crippen LogP contribution >= 0.6 is 0 Å². The average molecular weight is 474 g/mol. The molecule has 6 rings (SSSR count). The maximum Gasteiger partial charge on any atom is 0.322 e. The Morgan fingerprint density at radius 1 is 0.861 bits per heavy atom. The number of carbonyl (C=O) groups is 1. The highest BCUT2D eigenvalue weighted by molar-refractivity contribution is 5.90. The van der Waals surface area contributed by atoms with Crippen molar-refractivity contribution >= 4 is 11.7 Å². The fraction of sp³-hybridized carbons (Fsp3) is 0.133. The van der Waals surface area contributed by atoms with Crippen LogP contribution in [0, 0.1) is 13.8 Å². The lowest BCUT2D eigenvalue weighted by Gasteiger charge is -2.31. The predicted molar refractivity (Wildman–Crippen MR) is 142 cm³/mol. The molecular weight excluding hydrogens is 446 g/mol. The Morgan fingerprint density at radius 2 is 1.56 bits per heavy atom. The van der Waals surface area contributed by atoms with Gasteiger partial charge in [0.15, 0.2) is 0 Å². The molecule has 2 amide bonds. The van der Waals surface area contributed by atoms with Gasteiger partial charge in [0.1, 0.15) is 5.82 Å². The first-order valence-corrected chi connectivity index (χ1v) is 12.1. The van der Waals surface area contributed by atoms with E-state index in [0.29, 0.717) is 6.54 Å². The largest absolute Gasteiger partial charge is 0.322 e. The summed E-state index contributed by atoms with van der Waals surface area (Å²) in [4.78, 5) is 15.8. The van der Waals surface area contributed by atoms with E-state index < -0.39 is 0 Å². The van der Waals surface area contributed by atoms with E-state index in [4.69, 9.17) is 5.10 Å². The molecule has 1 aliphatic heterocycles. The summed E-state index contributed by atoms with van der Waals surface area (Å²) in [6, 6.07) is 31.9. The summed E-state index contributed by atoms with van der Waals surface area (Å²) < 4.78 is 4.17. The van der Waals surface area contributed by atoms with E-state index in [-0.39, 0.29) is 12.1 Å². The van der Waals surface area contributed by atoms with Crippen molar-refractivity contribution in [2.45, 2.75) is 26.4 Å². The highest BCUT2D eigenvalue weighted by Crippen LogP contribution is 2.38. The molecule has 1 N–H and O–H groups in total. The van der Waals surface area contributed by atoms with E-state index in [1.165, 1.54) is 5.56 Å². The van der Waals surface area contributed by atoms with Gasteiger partial charge >= 0.3 is 6.03 Å². The summed E-state index contributed by atoms with van der Waals surface area (Å²) in [5, 5.41) is 8.02. The molecule has 3 heterocycles. The minimum Gasteiger partial charge on any atom is -0.308 e. The molecule has 0 spiro atoms. The van der Waals surface area contributed by atoms with E-state index in [1.54, 1.807) is 0 Å². The van der Waals surface area contributed by atoms with Crippen molar-refractivity contribution in [3.63, 3.8) is 0 Å². The van der Waals surface area contributed by atoms with Crippen molar-refractivity contribution in [1.82, 2.24) is 19.2 Å². The quantitative estimate of drug-likeness (QED) is 0.329. The molecule has 178 valence electrons. The first kappa shape index (κ1) is 21.9. The molecule has 6 heteroatoms. The van der Waals surface area contributed by atoms with Crippen molar-refractivity contribution in [3.05, 3.63) is 131 Å². The number of benzene rings is 3. The van der Waals surface area contributed by atoms with Gasteiger partial charge in [-0.25, -0.2) is 9.48 Å². The number of hydrogen-bond donors (Lipinski definition) is 1. The number of anilines is 1. The SMILES string of the molecule is Cc1ccc([C@@H]2c3cccn3-c3c(c(C)nn3-c3ccccc3)CN2C(=O)Nc2ccccc2)cc1. The molecule has 0 saturated heterocycles. The molecular formula is C30H27N5O. The maximum absolute atomic E-state index is 13.9. The maximum atomic E-state index is 13.9. The minimum absolute atomic E-state index is 0.153. The zero-order chi connectivity index (χ0) is 24.6. The molecule has 0 unspecified atom stereocenters. The summed E-state index contributed by atoms with van der Waals surface area (Å²) in [6.45, 7) is 4.51.